The lowest BCUT2D eigenvalue weighted by atomic mass is 9.84. The minimum atomic E-state index is -0.470. The van der Waals surface area contributed by atoms with E-state index in [9.17, 15) is 10.2 Å². The van der Waals surface area contributed by atoms with Gasteiger partial charge in [-0.3, -0.25) is 0 Å². The van der Waals surface area contributed by atoms with Crippen molar-refractivity contribution in [2.75, 3.05) is 6.61 Å². The zero-order valence-corrected chi connectivity index (χ0v) is 18.1. The Balaban J connectivity index is 1.62. The number of aromatic amines is 1. The molecule has 0 bridgehead atoms. The lowest BCUT2D eigenvalue weighted by Crippen LogP contribution is -2.31. The number of imidazole rings is 1. The van der Waals surface area contributed by atoms with Crippen LogP contribution in [0.3, 0.4) is 0 Å². The topological polar surface area (TPSA) is 78.4 Å². The molecule has 0 fully saturated rings. The number of hydrogen-bond acceptors (Lipinski definition) is 4. The van der Waals surface area contributed by atoms with Crippen LogP contribution >= 0.6 is 0 Å². The van der Waals surface area contributed by atoms with Gasteiger partial charge in [-0.15, -0.1) is 0 Å². The van der Waals surface area contributed by atoms with Gasteiger partial charge in [0.1, 0.15) is 5.75 Å². The second kappa shape index (κ2) is 8.53. The maximum atomic E-state index is 9.75. The first kappa shape index (κ1) is 21.1. The number of H-pyrrole nitrogens is 1. The lowest BCUT2D eigenvalue weighted by molar-refractivity contribution is 0.199. The predicted molar refractivity (Wildman–Crippen MR) is 123 cm³/mol. The highest BCUT2D eigenvalue weighted by molar-refractivity contribution is 5.68. The van der Waals surface area contributed by atoms with Crippen LogP contribution in [0.2, 0.25) is 0 Å². The van der Waals surface area contributed by atoms with Crippen molar-refractivity contribution in [2.45, 2.75) is 32.8 Å². The molecule has 4 rings (SSSR count). The molecule has 0 amide bonds. The summed E-state index contributed by atoms with van der Waals surface area (Å²) in [4.78, 5) is 7.90. The molecule has 3 aromatic rings. The average molecular weight is 417 g/mol. The molecule has 2 aromatic carbocycles. The first-order valence-electron chi connectivity index (χ1n) is 10.5. The Bertz CT molecular complexity index is 1220. The van der Waals surface area contributed by atoms with Crippen LogP contribution < -0.4 is 15.4 Å². The molecule has 160 valence electrons. The number of fused-ring (bicyclic) bond motifs is 1. The third-order valence-electron chi connectivity index (χ3n) is 5.87. The van der Waals surface area contributed by atoms with Crippen molar-refractivity contribution in [1.29, 1.82) is 0 Å². The second-order valence-corrected chi connectivity index (χ2v) is 8.24. The van der Waals surface area contributed by atoms with Gasteiger partial charge in [-0.2, -0.15) is 4.98 Å². The highest BCUT2D eigenvalue weighted by atomic mass is 16.5. The van der Waals surface area contributed by atoms with Crippen LogP contribution in [0.4, 0.5) is 0 Å². The predicted octanol–water partition coefficient (Wildman–Crippen LogP) is 3.56. The smallest absolute Gasteiger partial charge is 0.300 e. The maximum Gasteiger partial charge on any atom is 0.300 e. The molecule has 3 atom stereocenters. The molecule has 1 aromatic heterocycles. The second-order valence-electron chi connectivity index (χ2n) is 8.24. The van der Waals surface area contributed by atoms with E-state index in [-0.39, 0.29) is 18.4 Å². The molecule has 5 heteroatoms. The minimum absolute atomic E-state index is 0.0965. The summed E-state index contributed by atoms with van der Waals surface area (Å²) < 4.78 is 5.98. The Morgan fingerprint density at radius 1 is 1.19 bits per heavy atom. The SMILES string of the molecule is C=C(CO)c1cc(Oc2nc3c([nH]2)=CC(C)C(c2ccc(C(C)O)cc2)C=3)ccc1C. The molecular formula is C26H28N2O3. The van der Waals surface area contributed by atoms with Gasteiger partial charge in [0.2, 0.25) is 0 Å². The summed E-state index contributed by atoms with van der Waals surface area (Å²) in [6.45, 7) is 9.74. The van der Waals surface area contributed by atoms with Gasteiger partial charge in [0.05, 0.1) is 23.4 Å². The third-order valence-corrected chi connectivity index (χ3v) is 5.87. The highest BCUT2D eigenvalue weighted by Crippen LogP contribution is 2.30. The van der Waals surface area contributed by atoms with Crippen LogP contribution in [0.1, 0.15) is 48.1 Å². The van der Waals surface area contributed by atoms with E-state index >= 15 is 0 Å². The van der Waals surface area contributed by atoms with Crippen LogP contribution in [-0.4, -0.2) is 26.8 Å². The molecule has 3 unspecified atom stereocenters. The van der Waals surface area contributed by atoms with Crippen molar-refractivity contribution in [2.24, 2.45) is 5.92 Å². The summed E-state index contributed by atoms with van der Waals surface area (Å²) in [7, 11) is 0. The zero-order valence-electron chi connectivity index (χ0n) is 18.1. The van der Waals surface area contributed by atoms with Gasteiger partial charge in [0.25, 0.3) is 6.01 Å². The van der Waals surface area contributed by atoms with Crippen LogP contribution in [0.5, 0.6) is 11.8 Å². The summed E-state index contributed by atoms with van der Waals surface area (Å²) in [5.74, 6) is 1.13. The molecule has 0 radical (unpaired) electrons. The number of benzene rings is 2. The molecule has 31 heavy (non-hydrogen) atoms. The fourth-order valence-electron chi connectivity index (χ4n) is 4.01. The van der Waals surface area contributed by atoms with Crippen LogP contribution in [0.15, 0.2) is 49.0 Å². The Hall–Kier alpha value is -3.15. The Morgan fingerprint density at radius 3 is 2.61 bits per heavy atom. The number of ether oxygens (including phenoxy) is 1. The fraction of sp³-hybridized carbons (Fsp3) is 0.269. The monoisotopic (exact) mass is 416 g/mol. The molecule has 0 aliphatic heterocycles. The summed E-state index contributed by atoms with van der Waals surface area (Å²) in [5.41, 5.74) is 4.67. The van der Waals surface area contributed by atoms with Crippen molar-refractivity contribution in [3.63, 3.8) is 0 Å². The zero-order chi connectivity index (χ0) is 22.1. The van der Waals surface area contributed by atoms with Gasteiger partial charge in [0, 0.05) is 5.92 Å². The van der Waals surface area contributed by atoms with Crippen molar-refractivity contribution in [3.8, 4) is 11.8 Å². The summed E-state index contributed by atoms with van der Waals surface area (Å²) in [6.07, 6.45) is 3.87. The molecule has 0 saturated carbocycles. The van der Waals surface area contributed by atoms with Crippen molar-refractivity contribution >= 4 is 17.7 Å². The van der Waals surface area contributed by atoms with E-state index in [1.807, 2.05) is 37.3 Å². The number of aryl methyl sites for hydroxylation is 1. The quantitative estimate of drug-likeness (QED) is 0.574. The first-order chi connectivity index (χ1) is 14.9. The molecule has 3 N–H and O–H groups in total. The van der Waals surface area contributed by atoms with Gasteiger partial charge in [-0.25, -0.2) is 0 Å². The molecule has 0 saturated heterocycles. The molecule has 1 aliphatic rings. The van der Waals surface area contributed by atoms with E-state index in [0.29, 0.717) is 17.3 Å². The number of hydrogen-bond donors (Lipinski definition) is 3. The van der Waals surface area contributed by atoms with E-state index in [1.54, 1.807) is 6.92 Å². The molecule has 1 aliphatic carbocycles. The third kappa shape index (κ3) is 4.33. The first-order valence-corrected chi connectivity index (χ1v) is 10.5. The summed E-state index contributed by atoms with van der Waals surface area (Å²) in [6, 6.07) is 14.2. The Morgan fingerprint density at radius 2 is 1.94 bits per heavy atom. The molecular weight excluding hydrogens is 388 g/mol. The number of aromatic nitrogens is 2. The van der Waals surface area contributed by atoms with Gasteiger partial charge in [-0.05, 0) is 65.8 Å². The molecule has 1 heterocycles. The fourth-order valence-corrected chi connectivity index (χ4v) is 4.01. The van der Waals surface area contributed by atoms with Gasteiger partial charge < -0.3 is 19.9 Å². The maximum absolute atomic E-state index is 9.75. The average Bonchev–Trinajstić information content (AvgIpc) is 3.14. The number of aliphatic hydroxyl groups is 2. The number of rotatable bonds is 6. The van der Waals surface area contributed by atoms with Crippen LogP contribution in [0, 0.1) is 12.8 Å². The van der Waals surface area contributed by atoms with Gasteiger partial charge >= 0.3 is 0 Å². The molecule has 5 nitrogen and oxygen atoms in total. The normalized spacial score (nSPS) is 18.5. The van der Waals surface area contributed by atoms with E-state index in [1.165, 1.54) is 5.56 Å². The minimum Gasteiger partial charge on any atom is -0.426 e. The Labute approximate surface area is 182 Å². The van der Waals surface area contributed by atoms with Gasteiger partial charge in [0.15, 0.2) is 0 Å². The summed E-state index contributed by atoms with van der Waals surface area (Å²) >= 11 is 0. The lowest BCUT2D eigenvalue weighted by Gasteiger charge is -2.20. The van der Waals surface area contributed by atoms with E-state index in [0.717, 1.165) is 27.4 Å². The standard InChI is InChI=1S/C26H28N2O3/c1-15-5-10-21(12-22(15)17(3)14-29)31-26-27-24-11-16(2)23(13-25(24)28-26)20-8-6-19(7-9-20)18(4)30/h5-13,16,18,23,29-30H,3,14H2,1-2,4H3,(H,27,28). The van der Waals surface area contributed by atoms with E-state index < -0.39 is 6.10 Å². The van der Waals surface area contributed by atoms with Gasteiger partial charge in [-0.1, -0.05) is 49.9 Å². The summed E-state index contributed by atoms with van der Waals surface area (Å²) in [5, 5.41) is 21.0. The largest absolute Gasteiger partial charge is 0.426 e. The van der Waals surface area contributed by atoms with E-state index in [4.69, 9.17) is 4.74 Å². The highest BCUT2D eigenvalue weighted by Gasteiger charge is 2.20. The van der Waals surface area contributed by atoms with Crippen molar-refractivity contribution in [3.05, 3.63) is 82.0 Å². The molecule has 0 spiro atoms. The van der Waals surface area contributed by atoms with Crippen LogP contribution in [-0.2, 0) is 0 Å². The van der Waals surface area contributed by atoms with Crippen LogP contribution in [0.25, 0.3) is 17.7 Å². The van der Waals surface area contributed by atoms with E-state index in [2.05, 4.69) is 47.8 Å². The Kier molecular flexibility index (Phi) is 5.81. The number of nitrogens with one attached hydrogen (secondary N) is 1. The van der Waals surface area contributed by atoms with Crippen molar-refractivity contribution < 1.29 is 14.9 Å². The number of aliphatic hydroxyl groups excluding tert-OH is 2. The number of nitrogens with zero attached hydrogens (tertiary/aromatic N) is 1. The van der Waals surface area contributed by atoms with Crippen molar-refractivity contribution in [1.82, 2.24) is 9.97 Å².